The number of halogens is 1. The zero-order chi connectivity index (χ0) is 14.7. The molecule has 5 unspecified atom stereocenters. The van der Waals surface area contributed by atoms with Crippen LogP contribution in [0.4, 0.5) is 0 Å². The van der Waals surface area contributed by atoms with Crippen LogP contribution < -0.4 is 9.47 Å². The van der Waals surface area contributed by atoms with Gasteiger partial charge in [-0.2, -0.15) is 0 Å². The minimum Gasteiger partial charge on any atom is -0.493 e. The molecule has 2 bridgehead atoms. The van der Waals surface area contributed by atoms with Crippen LogP contribution in [0.25, 0.3) is 0 Å². The Morgan fingerprint density at radius 3 is 2.19 bits per heavy atom. The van der Waals surface area contributed by atoms with Crippen LogP contribution in [0.5, 0.6) is 11.5 Å². The minimum absolute atomic E-state index is 0.468. The summed E-state index contributed by atoms with van der Waals surface area (Å²) in [5, 5.41) is 0. The van der Waals surface area contributed by atoms with Crippen LogP contribution in [0.1, 0.15) is 35.2 Å². The summed E-state index contributed by atoms with van der Waals surface area (Å²) in [4.78, 5) is 0.468. The van der Waals surface area contributed by atoms with E-state index < -0.39 is 0 Å². The Kier molecular flexibility index (Phi) is 3.25. The van der Waals surface area contributed by atoms with Gasteiger partial charge in [0.2, 0.25) is 0 Å². The fourth-order valence-electron chi connectivity index (χ4n) is 5.28. The second-order valence-corrected chi connectivity index (χ2v) is 8.02. The first-order chi connectivity index (χ1) is 10.2. The van der Waals surface area contributed by atoms with E-state index in [2.05, 4.69) is 35.0 Å². The van der Waals surface area contributed by atoms with E-state index >= 15 is 0 Å². The number of ether oxygens (including phenoxy) is 2. The van der Waals surface area contributed by atoms with Crippen LogP contribution in [0, 0.1) is 36.5 Å². The van der Waals surface area contributed by atoms with Crippen molar-refractivity contribution in [2.75, 3.05) is 14.2 Å². The Hall–Kier alpha value is -0.700. The first kappa shape index (κ1) is 13.9. The van der Waals surface area contributed by atoms with E-state index in [1.54, 1.807) is 14.2 Å². The monoisotopic (exact) mass is 350 g/mol. The van der Waals surface area contributed by atoms with Crippen LogP contribution in [-0.2, 0) is 0 Å². The molecule has 3 aliphatic carbocycles. The predicted molar refractivity (Wildman–Crippen MR) is 87.3 cm³/mol. The van der Waals surface area contributed by atoms with Crippen molar-refractivity contribution in [2.45, 2.75) is 31.0 Å². The van der Waals surface area contributed by atoms with Gasteiger partial charge in [0.15, 0.2) is 11.5 Å². The Morgan fingerprint density at radius 2 is 1.62 bits per heavy atom. The highest BCUT2D eigenvalue weighted by Gasteiger charge is 2.66. The average molecular weight is 351 g/mol. The SMILES string of the molecule is COc1cc(C)c(C(Br)C2C3C4CCC(C4)C32)cc1OC. The van der Waals surface area contributed by atoms with Gasteiger partial charge in [0.25, 0.3) is 0 Å². The number of methoxy groups -OCH3 is 2. The lowest BCUT2D eigenvalue weighted by molar-refractivity contribution is 0.354. The maximum absolute atomic E-state index is 5.48. The molecule has 4 rings (SSSR count). The summed E-state index contributed by atoms with van der Waals surface area (Å²) < 4.78 is 10.9. The number of hydrogen-bond acceptors (Lipinski definition) is 2. The number of hydrogen-bond donors (Lipinski definition) is 0. The van der Waals surface area contributed by atoms with Crippen molar-refractivity contribution in [3.63, 3.8) is 0 Å². The second kappa shape index (κ2) is 4.91. The van der Waals surface area contributed by atoms with Crippen LogP contribution in [0.2, 0.25) is 0 Å². The van der Waals surface area contributed by atoms with Crippen molar-refractivity contribution < 1.29 is 9.47 Å². The number of benzene rings is 1. The lowest BCUT2D eigenvalue weighted by Gasteiger charge is -2.19. The van der Waals surface area contributed by atoms with Crippen LogP contribution in [0.15, 0.2) is 12.1 Å². The van der Waals surface area contributed by atoms with Gasteiger partial charge in [0.1, 0.15) is 0 Å². The fraction of sp³-hybridized carbons (Fsp3) is 0.667. The van der Waals surface area contributed by atoms with Gasteiger partial charge in [-0.05, 0) is 79.0 Å². The molecule has 3 fully saturated rings. The third-order valence-electron chi connectivity index (χ3n) is 6.20. The molecule has 21 heavy (non-hydrogen) atoms. The van der Waals surface area contributed by atoms with Gasteiger partial charge in [-0.3, -0.25) is 0 Å². The van der Waals surface area contributed by atoms with E-state index in [0.717, 1.165) is 41.1 Å². The van der Waals surface area contributed by atoms with Gasteiger partial charge >= 0.3 is 0 Å². The highest BCUT2D eigenvalue weighted by Crippen LogP contribution is 2.73. The quantitative estimate of drug-likeness (QED) is 0.730. The molecule has 0 amide bonds. The van der Waals surface area contributed by atoms with Crippen LogP contribution in [0.3, 0.4) is 0 Å². The molecule has 0 aromatic heterocycles. The Labute approximate surface area is 135 Å². The third kappa shape index (κ3) is 1.96. The van der Waals surface area contributed by atoms with Crippen molar-refractivity contribution >= 4 is 15.9 Å². The summed E-state index contributed by atoms with van der Waals surface area (Å²) in [7, 11) is 3.41. The molecule has 3 heteroatoms. The molecular formula is C18H23BrO2. The first-order valence-corrected chi connectivity index (χ1v) is 8.94. The first-order valence-electron chi connectivity index (χ1n) is 8.02. The highest BCUT2D eigenvalue weighted by atomic mass is 79.9. The Bertz CT molecular complexity index is 555. The number of fused-ring (bicyclic) bond motifs is 5. The van der Waals surface area contributed by atoms with E-state index in [1.807, 2.05) is 0 Å². The summed E-state index contributed by atoms with van der Waals surface area (Å²) >= 11 is 4.02. The van der Waals surface area contributed by atoms with Crippen molar-refractivity contribution in [1.82, 2.24) is 0 Å². The molecule has 1 aromatic rings. The standard InChI is InChI=1S/C18H23BrO2/c1-9-6-13(20-2)14(21-3)8-12(9)18(19)17-15-10-4-5-11(7-10)16(15)17/h6,8,10-11,15-18H,4-5,7H2,1-3H3. The summed E-state index contributed by atoms with van der Waals surface area (Å²) in [6.07, 6.45) is 4.47. The molecule has 0 N–H and O–H groups in total. The number of rotatable bonds is 4. The van der Waals surface area contributed by atoms with Crippen molar-refractivity contribution in [2.24, 2.45) is 29.6 Å². The molecule has 0 radical (unpaired) electrons. The average Bonchev–Trinajstić information content (AvgIpc) is 2.93. The largest absolute Gasteiger partial charge is 0.493 e. The van der Waals surface area contributed by atoms with Crippen molar-refractivity contribution in [3.05, 3.63) is 23.3 Å². The molecular weight excluding hydrogens is 328 g/mol. The van der Waals surface area contributed by atoms with Crippen molar-refractivity contribution in [3.8, 4) is 11.5 Å². The van der Waals surface area contributed by atoms with E-state index in [0.29, 0.717) is 4.83 Å². The molecule has 3 aliphatic rings. The zero-order valence-electron chi connectivity index (χ0n) is 12.9. The fourth-order valence-corrected chi connectivity index (χ4v) is 6.48. The summed E-state index contributed by atoms with van der Waals surface area (Å²) in [6, 6.07) is 4.28. The highest BCUT2D eigenvalue weighted by molar-refractivity contribution is 9.09. The molecule has 0 aliphatic heterocycles. The Balaban J connectivity index is 1.62. The van der Waals surface area contributed by atoms with E-state index in [1.165, 1.54) is 30.4 Å². The molecule has 3 saturated carbocycles. The van der Waals surface area contributed by atoms with Crippen LogP contribution >= 0.6 is 15.9 Å². The lowest BCUT2D eigenvalue weighted by Crippen LogP contribution is -2.06. The van der Waals surface area contributed by atoms with Gasteiger partial charge in [-0.25, -0.2) is 0 Å². The van der Waals surface area contributed by atoms with Gasteiger partial charge in [0.05, 0.1) is 14.2 Å². The minimum atomic E-state index is 0.468. The Morgan fingerprint density at radius 1 is 1.05 bits per heavy atom. The van der Waals surface area contributed by atoms with Crippen molar-refractivity contribution in [1.29, 1.82) is 0 Å². The molecule has 2 nitrogen and oxygen atoms in total. The normalized spacial score (nSPS) is 37.2. The summed E-state index contributed by atoms with van der Waals surface area (Å²) in [5.74, 6) is 6.52. The van der Waals surface area contributed by atoms with E-state index in [-0.39, 0.29) is 0 Å². The van der Waals surface area contributed by atoms with Crippen LogP contribution in [-0.4, -0.2) is 14.2 Å². The summed E-state index contributed by atoms with van der Waals surface area (Å²) in [6.45, 7) is 2.18. The topological polar surface area (TPSA) is 18.5 Å². The van der Waals surface area contributed by atoms with E-state index in [9.17, 15) is 0 Å². The van der Waals surface area contributed by atoms with Gasteiger partial charge in [-0.1, -0.05) is 15.9 Å². The molecule has 1 aromatic carbocycles. The smallest absolute Gasteiger partial charge is 0.161 e. The molecule has 0 heterocycles. The molecule has 0 saturated heterocycles. The number of alkyl halides is 1. The third-order valence-corrected chi connectivity index (χ3v) is 7.31. The number of aryl methyl sites for hydroxylation is 1. The summed E-state index contributed by atoms with van der Waals surface area (Å²) in [5.41, 5.74) is 2.68. The zero-order valence-corrected chi connectivity index (χ0v) is 14.5. The second-order valence-electron chi connectivity index (χ2n) is 7.03. The van der Waals surface area contributed by atoms with Gasteiger partial charge in [-0.15, -0.1) is 0 Å². The van der Waals surface area contributed by atoms with Gasteiger partial charge in [0, 0.05) is 4.83 Å². The van der Waals surface area contributed by atoms with Gasteiger partial charge < -0.3 is 9.47 Å². The lowest BCUT2D eigenvalue weighted by atomic mass is 9.95. The molecule has 5 atom stereocenters. The molecule has 0 spiro atoms. The maximum Gasteiger partial charge on any atom is 0.161 e. The van der Waals surface area contributed by atoms with E-state index in [4.69, 9.17) is 9.47 Å². The molecule has 114 valence electrons. The predicted octanol–water partition coefficient (Wildman–Crippen LogP) is 4.74. The maximum atomic E-state index is 5.48.